The number of aliphatic imine (C=N–C) groups is 1. The number of aliphatic hydroxyl groups is 1. The van der Waals surface area contributed by atoms with Crippen molar-refractivity contribution in [2.75, 3.05) is 19.8 Å². The number of urea groups is 1. The van der Waals surface area contributed by atoms with Gasteiger partial charge in [-0.3, -0.25) is 20.7 Å². The number of amides is 2. The molecule has 50 heavy (non-hydrogen) atoms. The van der Waals surface area contributed by atoms with E-state index in [1.807, 2.05) is 45.0 Å². The number of allylic oxidation sites excluding steroid dienone is 1. The van der Waals surface area contributed by atoms with Crippen molar-refractivity contribution in [1.29, 1.82) is 10.8 Å². The van der Waals surface area contributed by atoms with Gasteiger partial charge in [0.15, 0.2) is 0 Å². The van der Waals surface area contributed by atoms with Gasteiger partial charge in [-0.05, 0) is 74.4 Å². The fourth-order valence-corrected chi connectivity index (χ4v) is 6.18. The molecular formula is C38H50N8O4. The second-order valence-electron chi connectivity index (χ2n) is 13.9. The van der Waals surface area contributed by atoms with Crippen LogP contribution < -0.4 is 31.3 Å². The van der Waals surface area contributed by atoms with E-state index < -0.39 is 6.03 Å². The monoisotopic (exact) mass is 682 g/mol. The van der Waals surface area contributed by atoms with Crippen LogP contribution in [0.25, 0.3) is 0 Å². The van der Waals surface area contributed by atoms with Gasteiger partial charge in [0.25, 0.3) is 0 Å². The van der Waals surface area contributed by atoms with Gasteiger partial charge in [-0.15, -0.1) is 0 Å². The molecule has 1 aliphatic heterocycles. The first-order valence-corrected chi connectivity index (χ1v) is 17.3. The van der Waals surface area contributed by atoms with E-state index in [4.69, 9.17) is 31.1 Å². The Labute approximate surface area is 294 Å². The molecule has 0 bridgehead atoms. The lowest BCUT2D eigenvalue weighted by atomic mass is 9.85. The molecule has 1 saturated heterocycles. The van der Waals surface area contributed by atoms with Gasteiger partial charge in [-0.2, -0.15) is 0 Å². The minimum Gasteiger partial charge on any atom is -0.491 e. The molecule has 0 saturated carbocycles. The summed E-state index contributed by atoms with van der Waals surface area (Å²) in [6.45, 7) is 8.93. The van der Waals surface area contributed by atoms with E-state index in [0.717, 1.165) is 36.9 Å². The number of nitrogens with zero attached hydrogens (tertiary/aromatic N) is 3. The molecule has 2 heterocycles. The average Bonchev–Trinajstić information content (AvgIpc) is 3.09. The summed E-state index contributed by atoms with van der Waals surface area (Å²) in [4.78, 5) is 20.2. The Morgan fingerprint density at radius 1 is 1.06 bits per heavy atom. The van der Waals surface area contributed by atoms with Crippen molar-refractivity contribution < 1.29 is 19.4 Å². The van der Waals surface area contributed by atoms with Gasteiger partial charge in [0, 0.05) is 35.8 Å². The van der Waals surface area contributed by atoms with E-state index in [2.05, 4.69) is 27.4 Å². The number of hydrogen-bond acceptors (Lipinski definition) is 8. The van der Waals surface area contributed by atoms with Crippen molar-refractivity contribution in [2.24, 2.45) is 16.1 Å². The van der Waals surface area contributed by atoms with Crippen LogP contribution in [0.2, 0.25) is 0 Å². The third-order valence-corrected chi connectivity index (χ3v) is 9.07. The van der Waals surface area contributed by atoms with Crippen LogP contribution in [0.4, 0.5) is 10.5 Å². The number of pyridine rings is 1. The van der Waals surface area contributed by atoms with E-state index in [0.29, 0.717) is 35.7 Å². The highest BCUT2D eigenvalue weighted by atomic mass is 16.5. The van der Waals surface area contributed by atoms with Crippen LogP contribution in [0.3, 0.4) is 0 Å². The lowest BCUT2D eigenvalue weighted by molar-refractivity contribution is 0.170. The minimum atomic E-state index is -0.425. The van der Waals surface area contributed by atoms with E-state index in [-0.39, 0.29) is 54.1 Å². The number of benzene rings is 2. The molecule has 0 radical (unpaired) electrons. The number of likely N-dealkylation sites (tertiary alicyclic amines) is 1. The highest BCUT2D eigenvalue weighted by molar-refractivity contribution is 6.05. The van der Waals surface area contributed by atoms with E-state index in [9.17, 15) is 4.79 Å². The standard InChI is InChI=1S/C38H50N8O4/c1-25-10-7-8-19-45(25)36(41)46-24-28(15-18-34(46)40)50-32-17-16-31(29-13-5-6-14-30(29)32)43-37(48)44-35(23-33(39)38(2,3)4)42-26-11-9-12-27(22-26)49-21-20-47/h5-6,9,11-15,18,22-25,31-32,40-41,47H,7-8,10,16-17,19-21,39H2,1-4H3,(H2,42,43,44,48)/b33-23-,40-34?,41-36?/t25-,31-,32?/m0/s1. The molecule has 12 nitrogen and oxygen atoms in total. The van der Waals surface area contributed by atoms with Crippen molar-refractivity contribution in [3.8, 4) is 11.5 Å². The highest BCUT2D eigenvalue weighted by Crippen LogP contribution is 2.38. The first-order chi connectivity index (χ1) is 23.9. The second-order valence-corrected chi connectivity index (χ2v) is 13.9. The summed E-state index contributed by atoms with van der Waals surface area (Å²) in [7, 11) is 0. The number of carbonyl (C=O) groups is 1. The summed E-state index contributed by atoms with van der Waals surface area (Å²) >= 11 is 0. The molecule has 1 aliphatic carbocycles. The Kier molecular flexibility index (Phi) is 11.6. The molecule has 0 spiro atoms. The fourth-order valence-electron chi connectivity index (χ4n) is 6.18. The average molecular weight is 683 g/mol. The molecule has 3 aromatic rings. The van der Waals surface area contributed by atoms with Crippen LogP contribution in [0.5, 0.6) is 11.5 Å². The number of fused-ring (bicyclic) bond motifs is 1. The summed E-state index contributed by atoms with van der Waals surface area (Å²) in [5, 5.41) is 32.5. The lowest BCUT2D eigenvalue weighted by Crippen LogP contribution is -2.47. The summed E-state index contributed by atoms with van der Waals surface area (Å²) in [6, 6.07) is 18.0. The van der Waals surface area contributed by atoms with E-state index >= 15 is 0 Å². The van der Waals surface area contributed by atoms with Gasteiger partial charge in [-0.25, -0.2) is 9.79 Å². The van der Waals surface area contributed by atoms with E-state index in [1.54, 1.807) is 53.2 Å². The van der Waals surface area contributed by atoms with Crippen molar-refractivity contribution in [1.82, 2.24) is 20.1 Å². The zero-order valence-corrected chi connectivity index (χ0v) is 29.4. The summed E-state index contributed by atoms with van der Waals surface area (Å²) < 4.78 is 13.6. The first kappa shape index (κ1) is 36.2. The summed E-state index contributed by atoms with van der Waals surface area (Å²) in [5.41, 5.74) is 9.29. The topological polar surface area (TPSA) is 174 Å². The molecule has 1 unspecified atom stereocenters. The molecule has 12 heteroatoms. The van der Waals surface area contributed by atoms with Crippen LogP contribution in [-0.2, 0) is 0 Å². The normalized spacial score (nSPS) is 19.7. The third-order valence-electron chi connectivity index (χ3n) is 9.07. The van der Waals surface area contributed by atoms with Crippen LogP contribution in [0.1, 0.15) is 83.1 Å². The number of nitrogens with one attached hydrogen (secondary N) is 4. The van der Waals surface area contributed by atoms with Crippen molar-refractivity contribution in [2.45, 2.75) is 78.0 Å². The molecule has 2 aliphatic rings. The molecule has 1 fully saturated rings. The SMILES string of the molecule is C[C@H]1CCCCN1C(=N)n1cc(OC2CC[C@H](NC(=O)NC(/C=C(\N)C(C)(C)C)=Nc3cccc(OCCO)c3)c3ccccc32)ccc1=N. The van der Waals surface area contributed by atoms with Crippen molar-refractivity contribution in [3.05, 3.63) is 95.2 Å². The summed E-state index contributed by atoms with van der Waals surface area (Å²) in [6.07, 6.45) is 7.62. The molecule has 3 atom stereocenters. The molecule has 266 valence electrons. The Bertz CT molecular complexity index is 1790. The molecule has 1 aromatic heterocycles. The number of aromatic nitrogens is 1. The number of ether oxygens (including phenoxy) is 2. The third kappa shape index (κ3) is 9.12. The zero-order chi connectivity index (χ0) is 35.8. The van der Waals surface area contributed by atoms with Gasteiger partial charge in [-0.1, -0.05) is 51.1 Å². The maximum Gasteiger partial charge on any atom is 0.320 e. The Hall–Kier alpha value is -5.10. The van der Waals surface area contributed by atoms with Crippen molar-refractivity contribution >= 4 is 23.5 Å². The van der Waals surface area contributed by atoms with Crippen molar-refractivity contribution in [3.63, 3.8) is 0 Å². The minimum absolute atomic E-state index is 0.106. The quantitative estimate of drug-likeness (QED) is 0.128. The van der Waals surface area contributed by atoms with Crippen LogP contribution >= 0.6 is 0 Å². The molecule has 2 aromatic carbocycles. The Morgan fingerprint density at radius 3 is 2.58 bits per heavy atom. The predicted octanol–water partition coefficient (Wildman–Crippen LogP) is 5.87. The van der Waals surface area contributed by atoms with Gasteiger partial charge >= 0.3 is 6.03 Å². The maximum absolute atomic E-state index is 13.5. The largest absolute Gasteiger partial charge is 0.491 e. The number of amidine groups is 1. The number of hydrogen-bond donors (Lipinski definition) is 6. The number of carbonyl (C=O) groups excluding carboxylic acids is 1. The van der Waals surface area contributed by atoms with E-state index in [1.165, 1.54) is 0 Å². The number of rotatable bonds is 8. The predicted molar refractivity (Wildman–Crippen MR) is 195 cm³/mol. The van der Waals surface area contributed by atoms with Gasteiger partial charge in [0.2, 0.25) is 5.96 Å². The number of nitrogens with two attached hydrogens (primary N) is 1. The molecule has 7 N–H and O–H groups in total. The van der Waals surface area contributed by atoms with Gasteiger partial charge in [0.05, 0.1) is 24.5 Å². The smallest absolute Gasteiger partial charge is 0.320 e. The second kappa shape index (κ2) is 16.1. The van der Waals surface area contributed by atoms with Crippen LogP contribution in [0.15, 0.2) is 83.6 Å². The van der Waals surface area contributed by atoms with Gasteiger partial charge < -0.3 is 30.5 Å². The fraction of sp³-hybridized carbons (Fsp3) is 0.421. The highest BCUT2D eigenvalue weighted by Gasteiger charge is 2.30. The zero-order valence-electron chi connectivity index (χ0n) is 29.4. The number of piperidine rings is 1. The summed E-state index contributed by atoms with van der Waals surface area (Å²) in [5.74, 6) is 1.69. The first-order valence-electron chi connectivity index (χ1n) is 17.3. The Morgan fingerprint density at radius 2 is 1.84 bits per heavy atom. The van der Waals surface area contributed by atoms with Crippen LogP contribution in [-0.4, -0.2) is 58.2 Å². The maximum atomic E-state index is 13.5. The molecule has 2 amide bonds. The molecular weight excluding hydrogens is 632 g/mol. The Balaban J connectivity index is 1.32. The number of aliphatic hydroxyl groups excluding tert-OH is 1. The van der Waals surface area contributed by atoms with Gasteiger partial charge in [0.1, 0.15) is 35.5 Å². The molecule has 5 rings (SSSR count). The van der Waals surface area contributed by atoms with Crippen LogP contribution in [0, 0.1) is 16.2 Å². The lowest BCUT2D eigenvalue weighted by Gasteiger charge is -2.36.